The van der Waals surface area contributed by atoms with Gasteiger partial charge < -0.3 is 14.7 Å². The minimum absolute atomic E-state index is 0.0614. The van der Waals surface area contributed by atoms with E-state index in [4.69, 9.17) is 0 Å². The summed E-state index contributed by atoms with van der Waals surface area (Å²) in [7, 11) is 1.59. The van der Waals surface area contributed by atoms with E-state index >= 15 is 0 Å². The van der Waals surface area contributed by atoms with E-state index in [0.29, 0.717) is 22.3 Å². The minimum atomic E-state index is -0.764. The quantitative estimate of drug-likeness (QED) is 0.474. The molecule has 4 aromatic rings. The molecule has 0 aliphatic heterocycles. The average molecular weight is 443 g/mol. The van der Waals surface area contributed by atoms with Crippen molar-refractivity contribution in [2.45, 2.75) is 18.9 Å². The van der Waals surface area contributed by atoms with Gasteiger partial charge in [0.25, 0.3) is 5.56 Å². The molecule has 4 rings (SSSR count). The Balaban J connectivity index is 1.70. The number of nitrogens with zero attached hydrogens (tertiary/aromatic N) is 2. The van der Waals surface area contributed by atoms with Crippen LogP contribution in [-0.2, 0) is 13.7 Å². The third-order valence-corrected chi connectivity index (χ3v) is 5.34. The Labute approximate surface area is 188 Å². The predicted octanol–water partition coefficient (Wildman–Crippen LogP) is 3.61. The van der Waals surface area contributed by atoms with Gasteiger partial charge >= 0.3 is 0 Å². The fourth-order valence-corrected chi connectivity index (χ4v) is 3.66. The SMILES string of the molecule is Cn1cccc(C(CC#CC#Cc2c(CO)cnc3[nH]ccc23)c2cc(F)ccc2F)c1=O. The Morgan fingerprint density at radius 3 is 2.85 bits per heavy atom. The number of hydrogen-bond donors (Lipinski definition) is 2. The Hall–Kier alpha value is -4.20. The molecule has 1 atom stereocenters. The molecular weight excluding hydrogens is 424 g/mol. The zero-order valence-electron chi connectivity index (χ0n) is 17.7. The first-order valence-electron chi connectivity index (χ1n) is 10.1. The summed E-state index contributed by atoms with van der Waals surface area (Å²) in [5.41, 5.74) is 1.90. The summed E-state index contributed by atoms with van der Waals surface area (Å²) in [6.07, 6.45) is 4.94. The van der Waals surface area contributed by atoms with Gasteiger partial charge in [-0.1, -0.05) is 17.9 Å². The van der Waals surface area contributed by atoms with Crippen molar-refractivity contribution in [3.8, 4) is 23.7 Å². The maximum absolute atomic E-state index is 14.6. The van der Waals surface area contributed by atoms with E-state index in [1.165, 1.54) is 4.57 Å². The maximum Gasteiger partial charge on any atom is 0.254 e. The van der Waals surface area contributed by atoms with Gasteiger partial charge in [0, 0.05) is 60.1 Å². The minimum Gasteiger partial charge on any atom is -0.392 e. The van der Waals surface area contributed by atoms with Crippen molar-refractivity contribution in [2.24, 2.45) is 7.05 Å². The number of rotatable bonds is 4. The average Bonchev–Trinajstić information content (AvgIpc) is 3.29. The van der Waals surface area contributed by atoms with Gasteiger partial charge in [0.1, 0.15) is 17.3 Å². The van der Waals surface area contributed by atoms with Gasteiger partial charge in [-0.2, -0.15) is 0 Å². The number of aromatic nitrogens is 3. The fourth-order valence-electron chi connectivity index (χ4n) is 3.66. The summed E-state index contributed by atoms with van der Waals surface area (Å²) in [5, 5.41) is 10.4. The van der Waals surface area contributed by atoms with Crippen LogP contribution in [0, 0.1) is 35.3 Å². The zero-order valence-corrected chi connectivity index (χ0v) is 17.7. The molecule has 0 radical (unpaired) electrons. The lowest BCUT2D eigenvalue weighted by molar-refractivity contribution is 0.281. The molecule has 0 spiro atoms. The highest BCUT2D eigenvalue weighted by atomic mass is 19.1. The summed E-state index contributed by atoms with van der Waals surface area (Å²) in [6, 6.07) is 8.25. The molecule has 0 aliphatic carbocycles. The number of aliphatic hydroxyl groups is 1. The lowest BCUT2D eigenvalue weighted by Gasteiger charge is -2.16. The third-order valence-electron chi connectivity index (χ3n) is 5.34. The molecule has 7 heteroatoms. The lowest BCUT2D eigenvalue weighted by Crippen LogP contribution is -2.23. The van der Waals surface area contributed by atoms with Gasteiger partial charge in [-0.15, -0.1) is 0 Å². The molecular formula is C26H19F2N3O2. The highest BCUT2D eigenvalue weighted by Gasteiger charge is 2.21. The number of aryl methyl sites for hydroxylation is 1. The molecule has 0 saturated heterocycles. The Kier molecular flexibility index (Phi) is 6.35. The monoisotopic (exact) mass is 443 g/mol. The van der Waals surface area contributed by atoms with Crippen LogP contribution >= 0.6 is 0 Å². The molecule has 1 aromatic carbocycles. The van der Waals surface area contributed by atoms with E-state index < -0.39 is 17.6 Å². The van der Waals surface area contributed by atoms with Crippen LogP contribution in [0.25, 0.3) is 11.0 Å². The standard InChI is InChI=1S/C26H19F2N3O2/c1-31-13-5-8-22(26(31)33)20(23-14-18(27)9-10-24(23)28)7-4-2-3-6-19-17(16-32)15-30-25-21(19)11-12-29-25/h5,8-15,20,32H,7,16H2,1H3,(H,29,30). The first-order chi connectivity index (χ1) is 16.0. The Bertz CT molecular complexity index is 1510. The van der Waals surface area contributed by atoms with Crippen LogP contribution in [0.3, 0.4) is 0 Å². The van der Waals surface area contributed by atoms with Crippen LogP contribution in [-0.4, -0.2) is 19.6 Å². The van der Waals surface area contributed by atoms with Crippen molar-refractivity contribution in [2.75, 3.05) is 0 Å². The van der Waals surface area contributed by atoms with Crippen LogP contribution in [0.4, 0.5) is 8.78 Å². The molecule has 164 valence electrons. The summed E-state index contributed by atoms with van der Waals surface area (Å²) in [4.78, 5) is 19.9. The molecule has 0 fully saturated rings. The van der Waals surface area contributed by atoms with Crippen molar-refractivity contribution >= 4 is 11.0 Å². The van der Waals surface area contributed by atoms with Gasteiger partial charge in [0.15, 0.2) is 0 Å². The lowest BCUT2D eigenvalue weighted by atomic mass is 9.89. The fraction of sp³-hybridized carbons (Fsp3) is 0.154. The largest absolute Gasteiger partial charge is 0.392 e. The highest BCUT2D eigenvalue weighted by molar-refractivity contribution is 5.84. The maximum atomic E-state index is 14.6. The van der Waals surface area contributed by atoms with Crippen LogP contribution in [0.5, 0.6) is 0 Å². The number of halogens is 2. The first kappa shape index (κ1) is 22.0. The number of hydrogen-bond acceptors (Lipinski definition) is 3. The summed E-state index contributed by atoms with van der Waals surface area (Å²) >= 11 is 0. The van der Waals surface area contributed by atoms with Gasteiger partial charge in [-0.05, 0) is 47.7 Å². The second kappa shape index (κ2) is 9.52. The van der Waals surface area contributed by atoms with Crippen molar-refractivity contribution in [3.63, 3.8) is 0 Å². The number of H-pyrrole nitrogens is 1. The molecule has 0 bridgehead atoms. The van der Waals surface area contributed by atoms with E-state index in [0.717, 1.165) is 23.6 Å². The van der Waals surface area contributed by atoms with E-state index in [9.17, 15) is 18.7 Å². The normalized spacial score (nSPS) is 11.4. The Morgan fingerprint density at radius 2 is 2.03 bits per heavy atom. The van der Waals surface area contributed by atoms with Gasteiger partial charge in [0.05, 0.1) is 6.61 Å². The molecule has 0 amide bonds. The molecule has 0 saturated carbocycles. The second-order valence-corrected chi connectivity index (χ2v) is 7.41. The molecule has 5 nitrogen and oxygen atoms in total. The highest BCUT2D eigenvalue weighted by Crippen LogP contribution is 2.28. The van der Waals surface area contributed by atoms with Crippen molar-refractivity contribution in [1.29, 1.82) is 0 Å². The van der Waals surface area contributed by atoms with Crippen LogP contribution in [0.1, 0.15) is 34.6 Å². The molecule has 2 N–H and O–H groups in total. The predicted molar refractivity (Wildman–Crippen MR) is 121 cm³/mol. The Morgan fingerprint density at radius 1 is 1.18 bits per heavy atom. The van der Waals surface area contributed by atoms with Gasteiger partial charge in [0.2, 0.25) is 0 Å². The number of nitrogens with one attached hydrogen (secondary N) is 1. The topological polar surface area (TPSA) is 70.9 Å². The van der Waals surface area contributed by atoms with Crippen LogP contribution in [0.15, 0.2) is 59.8 Å². The number of pyridine rings is 2. The van der Waals surface area contributed by atoms with Crippen LogP contribution < -0.4 is 5.56 Å². The molecule has 3 heterocycles. The summed E-state index contributed by atoms with van der Waals surface area (Å²) in [6.45, 7) is -0.218. The van der Waals surface area contributed by atoms with Gasteiger partial charge in [-0.25, -0.2) is 13.8 Å². The van der Waals surface area contributed by atoms with E-state index in [2.05, 4.69) is 33.6 Å². The summed E-state index contributed by atoms with van der Waals surface area (Å²) < 4.78 is 29.8. The van der Waals surface area contributed by atoms with Crippen molar-refractivity contribution < 1.29 is 13.9 Å². The third kappa shape index (κ3) is 4.55. The number of aromatic amines is 1. The van der Waals surface area contributed by atoms with Crippen molar-refractivity contribution in [3.05, 3.63) is 99.2 Å². The van der Waals surface area contributed by atoms with E-state index in [1.54, 1.807) is 37.8 Å². The van der Waals surface area contributed by atoms with Gasteiger partial charge in [-0.3, -0.25) is 4.79 Å². The smallest absolute Gasteiger partial charge is 0.254 e. The molecule has 0 aliphatic rings. The molecule has 1 unspecified atom stereocenters. The van der Waals surface area contributed by atoms with Crippen LogP contribution in [0.2, 0.25) is 0 Å². The molecule has 33 heavy (non-hydrogen) atoms. The van der Waals surface area contributed by atoms with Crippen molar-refractivity contribution in [1.82, 2.24) is 14.5 Å². The van der Waals surface area contributed by atoms with E-state index in [1.807, 2.05) is 6.07 Å². The molecule has 3 aromatic heterocycles. The second-order valence-electron chi connectivity index (χ2n) is 7.41. The number of fused-ring (bicyclic) bond motifs is 1. The zero-order chi connectivity index (χ0) is 23.4. The number of benzene rings is 1. The number of aliphatic hydroxyl groups excluding tert-OH is 1. The summed E-state index contributed by atoms with van der Waals surface area (Å²) in [5.74, 6) is 9.34. The first-order valence-corrected chi connectivity index (χ1v) is 10.1. The van der Waals surface area contributed by atoms with E-state index in [-0.39, 0.29) is 24.2 Å².